The van der Waals surface area contributed by atoms with E-state index >= 15 is 0 Å². The zero-order valence-corrected chi connectivity index (χ0v) is 42.6. The maximum Gasteiger partial charge on any atom is -0.0100 e. The van der Waals surface area contributed by atoms with Crippen molar-refractivity contribution >= 4 is 5.57 Å². The molecule has 0 bridgehead atoms. The summed E-state index contributed by atoms with van der Waals surface area (Å²) in [6.07, 6.45) is 21.6. The maximum absolute atomic E-state index is 4.52. The Hall–Kier alpha value is -3.38. The normalized spacial score (nSPS) is 19.0. The zero-order chi connectivity index (χ0) is 45.6. The van der Waals surface area contributed by atoms with Gasteiger partial charge in [0.1, 0.15) is 0 Å². The van der Waals surface area contributed by atoms with Gasteiger partial charge in [-0.2, -0.15) is 0 Å². The molecule has 0 fully saturated rings. The lowest BCUT2D eigenvalue weighted by molar-refractivity contribution is 0.288. The van der Waals surface area contributed by atoms with Crippen LogP contribution in [0.4, 0.5) is 0 Å². The lowest BCUT2D eigenvalue weighted by Crippen LogP contribution is -2.34. The van der Waals surface area contributed by atoms with Gasteiger partial charge in [-0.1, -0.05) is 220 Å². The van der Waals surface area contributed by atoms with Crippen LogP contribution in [-0.2, 0) is 40.9 Å². The number of unbranched alkanes of at least 4 members (excludes halogenated alkanes) is 4. The molecule has 0 nitrogen and oxygen atoms in total. The van der Waals surface area contributed by atoms with E-state index in [1.807, 2.05) is 0 Å². The van der Waals surface area contributed by atoms with Crippen molar-refractivity contribution in [2.45, 2.75) is 226 Å². The minimum absolute atomic E-state index is 0.257. The van der Waals surface area contributed by atoms with E-state index in [9.17, 15) is 0 Å². The third kappa shape index (κ3) is 12.5. The van der Waals surface area contributed by atoms with E-state index in [1.165, 1.54) is 129 Å². The molecule has 0 saturated carbocycles. The molecule has 0 amide bonds. The average molecular weight is 847 g/mol. The van der Waals surface area contributed by atoms with Crippen LogP contribution >= 0.6 is 0 Å². The largest absolute Gasteiger partial charge is 0.0952 e. The van der Waals surface area contributed by atoms with E-state index in [-0.39, 0.29) is 21.7 Å². The molecule has 4 unspecified atom stereocenters. The number of allylic oxidation sites excluding steroid dienone is 1. The molecule has 0 saturated heterocycles. The third-order valence-electron chi connectivity index (χ3n) is 16.8. The van der Waals surface area contributed by atoms with Gasteiger partial charge in [0, 0.05) is 0 Å². The Morgan fingerprint density at radius 1 is 0.492 bits per heavy atom. The van der Waals surface area contributed by atoms with Crippen LogP contribution < -0.4 is 0 Å². The molecule has 63 heavy (non-hydrogen) atoms. The number of rotatable bonds is 21. The van der Waals surface area contributed by atoms with Gasteiger partial charge in [0.2, 0.25) is 0 Å². The van der Waals surface area contributed by atoms with Crippen LogP contribution in [0.15, 0.2) is 91.5 Å². The van der Waals surface area contributed by atoms with Crippen LogP contribution in [0.5, 0.6) is 0 Å². The summed E-state index contributed by atoms with van der Waals surface area (Å²) >= 11 is 0. The molecule has 0 spiro atoms. The quantitative estimate of drug-likeness (QED) is 0.0733. The lowest BCUT2D eigenvalue weighted by atomic mass is 9.62. The summed E-state index contributed by atoms with van der Waals surface area (Å²) < 4.78 is 0. The van der Waals surface area contributed by atoms with Gasteiger partial charge in [0.25, 0.3) is 0 Å². The first kappa shape index (κ1) is 49.1. The first-order chi connectivity index (χ1) is 29.8. The Labute approximate surface area is 388 Å². The molecule has 2 aliphatic rings. The van der Waals surface area contributed by atoms with Gasteiger partial charge in [-0.15, -0.1) is 0 Å². The van der Waals surface area contributed by atoms with Crippen LogP contribution in [-0.4, -0.2) is 0 Å². The van der Waals surface area contributed by atoms with Crippen molar-refractivity contribution in [1.82, 2.24) is 0 Å². The average Bonchev–Trinajstić information content (AvgIpc) is 3.25. The predicted molar refractivity (Wildman–Crippen MR) is 278 cm³/mol. The summed E-state index contributed by atoms with van der Waals surface area (Å²) in [6, 6.07) is 33.9. The molecular weight excluding hydrogens is 757 g/mol. The number of aryl methyl sites for hydroxylation is 1. The first-order valence-electron chi connectivity index (χ1n) is 25.9. The zero-order valence-electron chi connectivity index (χ0n) is 42.6. The van der Waals surface area contributed by atoms with Crippen molar-refractivity contribution in [1.29, 1.82) is 0 Å². The number of fused-ring (bicyclic) bond motifs is 2. The van der Waals surface area contributed by atoms with E-state index in [4.69, 9.17) is 0 Å². The van der Waals surface area contributed by atoms with Crippen LogP contribution in [0.3, 0.4) is 0 Å². The minimum atomic E-state index is 0.257. The second-order valence-electron chi connectivity index (χ2n) is 23.8. The van der Waals surface area contributed by atoms with Gasteiger partial charge in [-0.05, 0) is 171 Å². The first-order valence-corrected chi connectivity index (χ1v) is 25.9. The van der Waals surface area contributed by atoms with E-state index in [1.54, 1.807) is 22.3 Å². The molecule has 6 rings (SSSR count). The van der Waals surface area contributed by atoms with E-state index in [0.29, 0.717) is 11.8 Å². The fourth-order valence-corrected chi connectivity index (χ4v) is 11.7. The second kappa shape index (κ2) is 20.8. The van der Waals surface area contributed by atoms with Gasteiger partial charge < -0.3 is 0 Å². The third-order valence-corrected chi connectivity index (χ3v) is 16.8. The molecule has 0 radical (unpaired) electrons. The van der Waals surface area contributed by atoms with Gasteiger partial charge in [-0.3, -0.25) is 0 Å². The molecule has 0 aliphatic heterocycles. The van der Waals surface area contributed by atoms with Gasteiger partial charge in [0.15, 0.2) is 0 Å². The summed E-state index contributed by atoms with van der Waals surface area (Å²) in [7, 11) is 0. The van der Waals surface area contributed by atoms with Gasteiger partial charge >= 0.3 is 0 Å². The van der Waals surface area contributed by atoms with Crippen molar-refractivity contribution in [3.63, 3.8) is 0 Å². The fraction of sp³-hybridized carbons (Fsp3) is 0.587. The fourth-order valence-electron chi connectivity index (χ4n) is 11.7. The number of hydrogen-bond donors (Lipinski definition) is 0. The SMILES string of the molecule is C=C(CCCCCCCC(CCc1ccc(CC(C)c2ccc3c(c2)C(C)(C)CCC3(C)C)cc1)C(C)CCC)c1ccc(CC(C)c2ccc3c(c2)C(C)(C)CCC3(C)C)cc1. The summed E-state index contributed by atoms with van der Waals surface area (Å²) in [6.45, 7) is 33.7. The van der Waals surface area contributed by atoms with Gasteiger partial charge in [-0.25, -0.2) is 0 Å². The topological polar surface area (TPSA) is 0 Å². The Balaban J connectivity index is 0.899. The second-order valence-corrected chi connectivity index (χ2v) is 23.8. The molecule has 0 N–H and O–H groups in total. The van der Waals surface area contributed by atoms with E-state index in [2.05, 4.69) is 175 Å². The van der Waals surface area contributed by atoms with E-state index < -0.39 is 0 Å². The summed E-state index contributed by atoms with van der Waals surface area (Å²) in [5, 5.41) is 0. The summed E-state index contributed by atoms with van der Waals surface area (Å²) in [5.74, 6) is 2.65. The highest BCUT2D eigenvalue weighted by Crippen LogP contribution is 2.48. The van der Waals surface area contributed by atoms with Crippen LogP contribution in [0.2, 0.25) is 0 Å². The predicted octanol–water partition coefficient (Wildman–Crippen LogP) is 18.5. The Bertz CT molecular complexity index is 2080. The van der Waals surface area contributed by atoms with Crippen LogP contribution in [0.1, 0.15) is 240 Å². The van der Waals surface area contributed by atoms with Crippen LogP contribution in [0.25, 0.3) is 5.57 Å². The Morgan fingerprint density at radius 3 is 1.41 bits per heavy atom. The van der Waals surface area contributed by atoms with E-state index in [0.717, 1.165) is 31.1 Å². The molecule has 2 aliphatic carbocycles. The number of benzene rings is 4. The minimum Gasteiger partial charge on any atom is -0.0952 e. The highest BCUT2D eigenvalue weighted by Gasteiger charge is 2.38. The van der Waals surface area contributed by atoms with Crippen molar-refractivity contribution < 1.29 is 0 Å². The van der Waals surface area contributed by atoms with Crippen molar-refractivity contribution in [2.75, 3.05) is 0 Å². The Morgan fingerprint density at radius 2 is 0.921 bits per heavy atom. The van der Waals surface area contributed by atoms with Crippen molar-refractivity contribution in [2.24, 2.45) is 11.8 Å². The summed E-state index contributed by atoms with van der Waals surface area (Å²) in [5.41, 5.74) is 17.4. The molecule has 342 valence electrons. The van der Waals surface area contributed by atoms with Crippen LogP contribution in [0, 0.1) is 11.8 Å². The summed E-state index contributed by atoms with van der Waals surface area (Å²) in [4.78, 5) is 0. The molecule has 4 atom stereocenters. The molecule has 0 aromatic heterocycles. The molecule has 0 heteroatoms. The highest BCUT2D eigenvalue weighted by atomic mass is 14.4. The molecular formula is C63H90. The standard InChI is InChI=1S/C63H90/c1-14-20-45(2)52(30-27-49-23-25-50(26-24-49)41-47(4)54-33-35-56-58(43-54)62(10,11)39-37-60(56,6)7)22-19-17-15-16-18-21-46(3)53-31-28-51(29-32-53)42-48(5)55-34-36-57-59(44-55)63(12,13)40-38-61(57,8)9/h23-26,28-29,31-36,43-45,47-48,52H,3,14-22,27,30,37-42H2,1-2,4-13H3. The smallest absolute Gasteiger partial charge is 0.0100 e. The monoisotopic (exact) mass is 847 g/mol. The van der Waals surface area contributed by atoms with Crippen molar-refractivity contribution in [3.8, 4) is 0 Å². The van der Waals surface area contributed by atoms with Gasteiger partial charge in [0.05, 0.1) is 0 Å². The van der Waals surface area contributed by atoms with Crippen molar-refractivity contribution in [3.05, 3.63) is 147 Å². The number of hydrogen-bond acceptors (Lipinski definition) is 0. The molecule has 4 aromatic carbocycles. The maximum atomic E-state index is 4.52. The molecule has 4 aromatic rings. The molecule has 0 heterocycles. The Kier molecular flexibility index (Phi) is 16.2. The lowest BCUT2D eigenvalue weighted by Gasteiger charge is -2.42. The highest BCUT2D eigenvalue weighted by molar-refractivity contribution is 5.63.